The van der Waals surface area contributed by atoms with E-state index >= 15 is 0 Å². The number of ether oxygens (including phenoxy) is 2. The minimum Gasteiger partial charge on any atom is -0.490 e. The van der Waals surface area contributed by atoms with Crippen molar-refractivity contribution in [2.75, 3.05) is 18.5 Å². The first-order chi connectivity index (χ1) is 10.6. The summed E-state index contributed by atoms with van der Waals surface area (Å²) in [7, 11) is 0. The molecule has 0 aromatic heterocycles. The molecule has 0 atom stereocenters. The second kappa shape index (κ2) is 6.10. The van der Waals surface area contributed by atoms with E-state index in [9.17, 15) is 4.79 Å². The van der Waals surface area contributed by atoms with E-state index in [1.165, 1.54) is 0 Å². The van der Waals surface area contributed by atoms with Crippen LogP contribution in [0.2, 0.25) is 0 Å². The van der Waals surface area contributed by atoms with Crippen molar-refractivity contribution >= 4 is 11.6 Å². The number of carbonyl (C=O) groups is 1. The van der Waals surface area contributed by atoms with Crippen LogP contribution in [0.1, 0.15) is 27.9 Å². The molecule has 2 aromatic carbocycles. The molecule has 0 radical (unpaired) electrons. The van der Waals surface area contributed by atoms with Gasteiger partial charge in [-0.2, -0.15) is 0 Å². The van der Waals surface area contributed by atoms with E-state index < -0.39 is 0 Å². The average Bonchev–Trinajstić information content (AvgIpc) is 2.73. The summed E-state index contributed by atoms with van der Waals surface area (Å²) in [5.74, 6) is 1.20. The van der Waals surface area contributed by atoms with Crippen molar-refractivity contribution in [3.05, 3.63) is 53.1 Å². The van der Waals surface area contributed by atoms with Gasteiger partial charge in [-0.25, -0.2) is 0 Å². The molecule has 2 aromatic rings. The standard InChI is InChI=1S/C18H19NO3/c1-12-4-6-14(7-5-12)19-18(20)15-11-17-16(10-13(15)2)21-8-3-9-22-17/h4-7,10-11H,3,8-9H2,1-2H3,(H,19,20). The van der Waals surface area contributed by atoms with Crippen LogP contribution in [0.25, 0.3) is 0 Å². The zero-order chi connectivity index (χ0) is 15.5. The van der Waals surface area contributed by atoms with Gasteiger partial charge in [0.05, 0.1) is 13.2 Å². The van der Waals surface area contributed by atoms with Crippen molar-refractivity contribution in [2.24, 2.45) is 0 Å². The lowest BCUT2D eigenvalue weighted by atomic mass is 10.1. The molecule has 1 aliphatic heterocycles. The Kier molecular flexibility index (Phi) is 4.00. The molecule has 0 spiro atoms. The highest BCUT2D eigenvalue weighted by Crippen LogP contribution is 2.32. The van der Waals surface area contributed by atoms with Gasteiger partial charge < -0.3 is 14.8 Å². The number of hydrogen-bond acceptors (Lipinski definition) is 3. The molecule has 0 fully saturated rings. The Labute approximate surface area is 130 Å². The number of aryl methyl sites for hydroxylation is 2. The lowest BCUT2D eigenvalue weighted by Crippen LogP contribution is -2.13. The van der Waals surface area contributed by atoms with E-state index in [1.807, 2.05) is 44.2 Å². The maximum atomic E-state index is 12.5. The summed E-state index contributed by atoms with van der Waals surface area (Å²) in [6.45, 7) is 5.16. The zero-order valence-corrected chi connectivity index (χ0v) is 12.8. The fourth-order valence-electron chi connectivity index (χ4n) is 2.39. The lowest BCUT2D eigenvalue weighted by molar-refractivity contribution is 0.102. The van der Waals surface area contributed by atoms with E-state index in [4.69, 9.17) is 9.47 Å². The predicted molar refractivity (Wildman–Crippen MR) is 85.9 cm³/mol. The van der Waals surface area contributed by atoms with Gasteiger partial charge in [-0.1, -0.05) is 17.7 Å². The molecule has 1 N–H and O–H groups in total. The van der Waals surface area contributed by atoms with Crippen molar-refractivity contribution in [3.63, 3.8) is 0 Å². The first kappa shape index (κ1) is 14.4. The van der Waals surface area contributed by atoms with Gasteiger partial charge in [0.15, 0.2) is 11.5 Å². The highest BCUT2D eigenvalue weighted by Gasteiger charge is 2.17. The van der Waals surface area contributed by atoms with E-state index in [0.29, 0.717) is 30.3 Å². The molecule has 4 nitrogen and oxygen atoms in total. The van der Waals surface area contributed by atoms with E-state index in [0.717, 1.165) is 23.2 Å². The molecule has 0 unspecified atom stereocenters. The SMILES string of the molecule is Cc1ccc(NC(=O)c2cc3c(cc2C)OCCCO3)cc1. The van der Waals surface area contributed by atoms with E-state index in [1.54, 1.807) is 6.07 Å². The Morgan fingerprint density at radius 2 is 1.64 bits per heavy atom. The predicted octanol–water partition coefficient (Wildman–Crippen LogP) is 3.72. The van der Waals surface area contributed by atoms with Crippen molar-refractivity contribution in [1.82, 2.24) is 0 Å². The molecule has 0 aliphatic carbocycles. The van der Waals surface area contributed by atoms with E-state index in [2.05, 4.69) is 5.32 Å². The highest BCUT2D eigenvalue weighted by atomic mass is 16.5. The zero-order valence-electron chi connectivity index (χ0n) is 12.8. The van der Waals surface area contributed by atoms with Crippen LogP contribution in [0.5, 0.6) is 11.5 Å². The number of hydrogen-bond donors (Lipinski definition) is 1. The normalized spacial score (nSPS) is 13.4. The van der Waals surface area contributed by atoms with Crippen molar-refractivity contribution in [2.45, 2.75) is 20.3 Å². The molecule has 1 heterocycles. The van der Waals surface area contributed by atoms with Crippen LogP contribution in [0.3, 0.4) is 0 Å². The Morgan fingerprint density at radius 1 is 1.00 bits per heavy atom. The fraction of sp³-hybridized carbons (Fsp3) is 0.278. The summed E-state index contributed by atoms with van der Waals surface area (Å²) < 4.78 is 11.3. The fourth-order valence-corrected chi connectivity index (χ4v) is 2.39. The number of benzene rings is 2. The molecule has 0 saturated heterocycles. The molecule has 0 bridgehead atoms. The molecule has 114 valence electrons. The first-order valence-corrected chi connectivity index (χ1v) is 7.42. The molecule has 1 aliphatic rings. The van der Waals surface area contributed by atoms with Crippen LogP contribution in [0.15, 0.2) is 36.4 Å². The summed E-state index contributed by atoms with van der Waals surface area (Å²) in [5.41, 5.74) is 3.41. The number of carbonyl (C=O) groups excluding carboxylic acids is 1. The van der Waals surface area contributed by atoms with Gasteiger partial charge >= 0.3 is 0 Å². The van der Waals surface area contributed by atoms with Gasteiger partial charge in [-0.05, 0) is 43.7 Å². The molecule has 1 amide bonds. The number of anilines is 1. The summed E-state index contributed by atoms with van der Waals surface area (Å²) >= 11 is 0. The van der Waals surface area contributed by atoms with Crippen LogP contribution < -0.4 is 14.8 Å². The molecular formula is C18H19NO3. The molecular weight excluding hydrogens is 278 g/mol. The van der Waals surface area contributed by atoms with Gasteiger partial charge in [0.2, 0.25) is 0 Å². The third kappa shape index (κ3) is 3.06. The molecule has 0 saturated carbocycles. The second-order valence-electron chi connectivity index (χ2n) is 5.48. The average molecular weight is 297 g/mol. The van der Waals surface area contributed by atoms with Crippen LogP contribution in [-0.2, 0) is 0 Å². The van der Waals surface area contributed by atoms with Crippen molar-refractivity contribution in [3.8, 4) is 11.5 Å². The Balaban J connectivity index is 1.85. The van der Waals surface area contributed by atoms with Gasteiger partial charge in [-0.15, -0.1) is 0 Å². The van der Waals surface area contributed by atoms with Crippen LogP contribution in [0, 0.1) is 13.8 Å². The topological polar surface area (TPSA) is 47.6 Å². The number of fused-ring (bicyclic) bond motifs is 1. The highest BCUT2D eigenvalue weighted by molar-refractivity contribution is 6.05. The number of rotatable bonds is 2. The Hall–Kier alpha value is -2.49. The van der Waals surface area contributed by atoms with Gasteiger partial charge in [0.25, 0.3) is 5.91 Å². The quantitative estimate of drug-likeness (QED) is 0.919. The minimum absolute atomic E-state index is 0.142. The monoisotopic (exact) mass is 297 g/mol. The van der Waals surface area contributed by atoms with Crippen molar-refractivity contribution < 1.29 is 14.3 Å². The molecule has 4 heteroatoms. The molecule has 3 rings (SSSR count). The largest absolute Gasteiger partial charge is 0.490 e. The first-order valence-electron chi connectivity index (χ1n) is 7.42. The maximum absolute atomic E-state index is 12.5. The molecule has 22 heavy (non-hydrogen) atoms. The van der Waals surface area contributed by atoms with E-state index in [-0.39, 0.29) is 5.91 Å². The van der Waals surface area contributed by atoms with Crippen LogP contribution in [-0.4, -0.2) is 19.1 Å². The number of nitrogens with one attached hydrogen (secondary N) is 1. The maximum Gasteiger partial charge on any atom is 0.256 e. The minimum atomic E-state index is -0.142. The van der Waals surface area contributed by atoms with Gasteiger partial charge in [0, 0.05) is 17.7 Å². The van der Waals surface area contributed by atoms with Gasteiger partial charge in [0.1, 0.15) is 0 Å². The van der Waals surface area contributed by atoms with Crippen molar-refractivity contribution in [1.29, 1.82) is 0 Å². The smallest absolute Gasteiger partial charge is 0.256 e. The summed E-state index contributed by atoms with van der Waals surface area (Å²) in [6, 6.07) is 11.4. The Morgan fingerprint density at radius 3 is 2.32 bits per heavy atom. The summed E-state index contributed by atoms with van der Waals surface area (Å²) in [4.78, 5) is 12.5. The van der Waals surface area contributed by atoms with Crippen LogP contribution >= 0.6 is 0 Å². The van der Waals surface area contributed by atoms with Crippen LogP contribution in [0.4, 0.5) is 5.69 Å². The Bertz CT molecular complexity index is 692. The second-order valence-corrected chi connectivity index (χ2v) is 5.48. The van der Waals surface area contributed by atoms with Gasteiger partial charge in [-0.3, -0.25) is 4.79 Å². The third-order valence-corrected chi connectivity index (χ3v) is 3.65. The lowest BCUT2D eigenvalue weighted by Gasteiger charge is -2.13. The summed E-state index contributed by atoms with van der Waals surface area (Å²) in [5, 5.41) is 2.91. The number of amides is 1. The summed E-state index contributed by atoms with van der Waals surface area (Å²) in [6.07, 6.45) is 0.846. The third-order valence-electron chi connectivity index (χ3n) is 3.65.